The van der Waals surface area contributed by atoms with E-state index in [1.807, 2.05) is 6.92 Å². The summed E-state index contributed by atoms with van der Waals surface area (Å²) in [6.45, 7) is 5.49. The highest BCUT2D eigenvalue weighted by Gasteiger charge is 2.57. The van der Waals surface area contributed by atoms with Gasteiger partial charge >= 0.3 is 0 Å². The fraction of sp³-hybridized carbons (Fsp3) is 1.00. The van der Waals surface area contributed by atoms with Gasteiger partial charge in [-0.05, 0) is 32.1 Å². The number of hydrogen-bond acceptors (Lipinski definition) is 3. The van der Waals surface area contributed by atoms with Crippen molar-refractivity contribution in [1.82, 2.24) is 0 Å². The molecule has 4 unspecified atom stereocenters. The maximum absolute atomic E-state index is 10.9. The molecule has 0 radical (unpaired) electrons. The van der Waals surface area contributed by atoms with Gasteiger partial charge in [-0.15, -0.1) is 0 Å². The minimum absolute atomic E-state index is 0.0633. The lowest BCUT2D eigenvalue weighted by molar-refractivity contribution is -0.117. The molecule has 94 valence electrons. The van der Waals surface area contributed by atoms with Gasteiger partial charge < -0.3 is 15.6 Å². The van der Waals surface area contributed by atoms with Crippen LogP contribution < -0.4 is 5.73 Å². The first-order chi connectivity index (χ1) is 7.58. The van der Waals surface area contributed by atoms with Crippen molar-refractivity contribution < 1.29 is 9.84 Å². The van der Waals surface area contributed by atoms with Crippen molar-refractivity contribution in [2.45, 2.75) is 57.7 Å². The molecule has 0 aromatic carbocycles. The van der Waals surface area contributed by atoms with Crippen LogP contribution in [0.1, 0.15) is 46.0 Å². The highest BCUT2D eigenvalue weighted by Crippen LogP contribution is 2.53. The van der Waals surface area contributed by atoms with E-state index in [0.717, 1.165) is 25.2 Å². The van der Waals surface area contributed by atoms with Crippen LogP contribution in [0.2, 0.25) is 0 Å². The molecule has 2 fully saturated rings. The zero-order valence-corrected chi connectivity index (χ0v) is 10.5. The maximum Gasteiger partial charge on any atom is 0.0995 e. The summed E-state index contributed by atoms with van der Waals surface area (Å²) >= 11 is 0. The number of nitrogens with two attached hydrogens (primary N) is 1. The largest absolute Gasteiger partial charge is 0.386 e. The predicted molar refractivity (Wildman–Crippen MR) is 64.1 cm³/mol. The van der Waals surface area contributed by atoms with E-state index in [1.54, 1.807) is 0 Å². The number of ether oxygens (including phenoxy) is 1. The molecule has 1 aliphatic heterocycles. The zero-order chi connectivity index (χ0) is 11.8. The summed E-state index contributed by atoms with van der Waals surface area (Å²) in [6, 6.07) is 0. The predicted octanol–water partition coefficient (Wildman–Crippen LogP) is 1.68. The highest BCUT2D eigenvalue weighted by atomic mass is 16.5. The Kier molecular flexibility index (Phi) is 3.30. The maximum atomic E-state index is 10.9. The molecule has 1 saturated carbocycles. The smallest absolute Gasteiger partial charge is 0.0995 e. The Hall–Kier alpha value is -0.120. The third-order valence-electron chi connectivity index (χ3n) is 5.12. The summed E-state index contributed by atoms with van der Waals surface area (Å²) in [5.41, 5.74) is 5.21. The van der Waals surface area contributed by atoms with Crippen LogP contribution in [-0.4, -0.2) is 30.0 Å². The van der Waals surface area contributed by atoms with Gasteiger partial charge in [-0.3, -0.25) is 0 Å². The molecular weight excluding hydrogens is 202 g/mol. The summed E-state index contributed by atoms with van der Waals surface area (Å²) in [7, 11) is 0. The summed E-state index contributed by atoms with van der Waals surface area (Å²) < 4.78 is 5.57. The normalized spacial score (nSPS) is 48.8. The van der Waals surface area contributed by atoms with Gasteiger partial charge in [0.15, 0.2) is 0 Å². The quantitative estimate of drug-likeness (QED) is 0.771. The van der Waals surface area contributed by atoms with E-state index in [-0.39, 0.29) is 11.5 Å². The Labute approximate surface area is 98.4 Å². The summed E-state index contributed by atoms with van der Waals surface area (Å²) in [4.78, 5) is 0. The fourth-order valence-electron chi connectivity index (χ4n) is 3.77. The van der Waals surface area contributed by atoms with Gasteiger partial charge in [0.05, 0.1) is 11.7 Å². The first-order valence-corrected chi connectivity index (χ1v) is 6.62. The molecule has 3 nitrogen and oxygen atoms in total. The van der Waals surface area contributed by atoms with Crippen LogP contribution >= 0.6 is 0 Å². The van der Waals surface area contributed by atoms with Gasteiger partial charge in [-0.1, -0.05) is 13.3 Å². The third kappa shape index (κ3) is 1.60. The van der Waals surface area contributed by atoms with E-state index in [4.69, 9.17) is 10.5 Å². The molecular formula is C13H25NO2. The van der Waals surface area contributed by atoms with Gasteiger partial charge in [0.1, 0.15) is 0 Å². The molecule has 3 heteroatoms. The monoisotopic (exact) mass is 227 g/mol. The van der Waals surface area contributed by atoms with E-state index in [1.165, 1.54) is 12.8 Å². The van der Waals surface area contributed by atoms with E-state index in [0.29, 0.717) is 13.2 Å². The van der Waals surface area contributed by atoms with E-state index in [2.05, 4.69) is 6.92 Å². The van der Waals surface area contributed by atoms with Gasteiger partial charge in [-0.2, -0.15) is 0 Å². The average molecular weight is 227 g/mol. The van der Waals surface area contributed by atoms with Gasteiger partial charge in [0.2, 0.25) is 0 Å². The molecule has 0 aromatic heterocycles. The topological polar surface area (TPSA) is 55.5 Å². The molecule has 1 saturated heterocycles. The Morgan fingerprint density at radius 3 is 2.62 bits per heavy atom. The summed E-state index contributed by atoms with van der Waals surface area (Å²) in [5.74, 6) is 0.736. The van der Waals surface area contributed by atoms with Crippen LogP contribution in [0.5, 0.6) is 0 Å². The lowest BCUT2D eigenvalue weighted by Gasteiger charge is -2.44. The number of hydrogen-bond donors (Lipinski definition) is 2. The Balaban J connectivity index is 2.21. The van der Waals surface area contributed by atoms with Crippen molar-refractivity contribution in [1.29, 1.82) is 0 Å². The van der Waals surface area contributed by atoms with Gasteiger partial charge in [-0.25, -0.2) is 0 Å². The molecule has 1 heterocycles. The summed E-state index contributed by atoms with van der Waals surface area (Å²) in [5, 5.41) is 10.9. The first kappa shape index (κ1) is 12.3. The molecule has 3 N–H and O–H groups in total. The minimum atomic E-state index is -0.689. The van der Waals surface area contributed by atoms with Crippen LogP contribution in [0.25, 0.3) is 0 Å². The van der Waals surface area contributed by atoms with Crippen LogP contribution in [0.3, 0.4) is 0 Å². The second kappa shape index (κ2) is 4.28. The van der Waals surface area contributed by atoms with Crippen LogP contribution in [0.4, 0.5) is 0 Å². The molecule has 0 spiro atoms. The lowest BCUT2D eigenvalue weighted by Crippen LogP contribution is -2.55. The zero-order valence-electron chi connectivity index (χ0n) is 10.5. The Morgan fingerprint density at radius 1 is 1.44 bits per heavy atom. The summed E-state index contributed by atoms with van der Waals surface area (Å²) in [6.07, 6.45) is 5.24. The Morgan fingerprint density at radius 2 is 2.19 bits per heavy atom. The van der Waals surface area contributed by atoms with Crippen molar-refractivity contribution in [3.05, 3.63) is 0 Å². The van der Waals surface area contributed by atoms with Gasteiger partial charge in [0, 0.05) is 25.0 Å². The average Bonchev–Trinajstić information content (AvgIpc) is 2.86. The molecule has 2 rings (SSSR count). The molecule has 4 atom stereocenters. The molecule has 16 heavy (non-hydrogen) atoms. The SMILES string of the molecule is CCC1CCC(CN)(C2(O)CCOC2C)C1. The second-order valence-corrected chi connectivity index (χ2v) is 5.69. The standard InChI is InChI=1S/C13H25NO2/c1-3-11-4-5-12(8-11,9-14)13(15)6-7-16-10(13)2/h10-11,15H,3-9,14H2,1-2H3. The van der Waals surface area contributed by atoms with Crippen molar-refractivity contribution in [3.63, 3.8) is 0 Å². The second-order valence-electron chi connectivity index (χ2n) is 5.69. The highest BCUT2D eigenvalue weighted by molar-refractivity contribution is 5.08. The van der Waals surface area contributed by atoms with E-state index >= 15 is 0 Å². The van der Waals surface area contributed by atoms with Crippen molar-refractivity contribution in [2.75, 3.05) is 13.2 Å². The molecule has 0 aromatic rings. The minimum Gasteiger partial charge on any atom is -0.386 e. The molecule has 2 aliphatic rings. The first-order valence-electron chi connectivity index (χ1n) is 6.62. The lowest BCUT2D eigenvalue weighted by atomic mass is 9.66. The molecule has 1 aliphatic carbocycles. The molecule has 0 bridgehead atoms. The van der Waals surface area contributed by atoms with Crippen molar-refractivity contribution >= 4 is 0 Å². The van der Waals surface area contributed by atoms with Crippen LogP contribution in [-0.2, 0) is 4.74 Å². The van der Waals surface area contributed by atoms with Gasteiger partial charge in [0.25, 0.3) is 0 Å². The van der Waals surface area contributed by atoms with Crippen LogP contribution in [0.15, 0.2) is 0 Å². The molecule has 0 amide bonds. The van der Waals surface area contributed by atoms with E-state index < -0.39 is 5.60 Å². The van der Waals surface area contributed by atoms with Crippen molar-refractivity contribution in [3.8, 4) is 0 Å². The Bertz CT molecular complexity index is 258. The number of rotatable bonds is 3. The number of aliphatic hydroxyl groups is 1. The third-order valence-corrected chi connectivity index (χ3v) is 5.12. The van der Waals surface area contributed by atoms with E-state index in [9.17, 15) is 5.11 Å². The van der Waals surface area contributed by atoms with Crippen molar-refractivity contribution in [2.24, 2.45) is 17.1 Å². The van der Waals surface area contributed by atoms with Crippen LogP contribution in [0, 0.1) is 11.3 Å². The fourth-order valence-corrected chi connectivity index (χ4v) is 3.77.